The summed E-state index contributed by atoms with van der Waals surface area (Å²) in [5.41, 5.74) is 6.28. The lowest BCUT2D eigenvalue weighted by molar-refractivity contribution is 0.0285. The SMILES string of the molecule is COc1nc(N(C)C)ccc1-c1cc2c(CNOCCF)c[nH]c2cc1Cl. The minimum absolute atomic E-state index is 0.0144. The number of hydroxylamine groups is 1. The molecule has 0 fully saturated rings. The Morgan fingerprint density at radius 1 is 1.26 bits per heavy atom. The maximum Gasteiger partial charge on any atom is 0.223 e. The van der Waals surface area contributed by atoms with Crippen molar-refractivity contribution < 1.29 is 14.0 Å². The van der Waals surface area contributed by atoms with Gasteiger partial charge in [0.15, 0.2) is 0 Å². The summed E-state index contributed by atoms with van der Waals surface area (Å²) in [4.78, 5) is 14.7. The number of alkyl halides is 1. The van der Waals surface area contributed by atoms with Gasteiger partial charge in [-0.25, -0.2) is 4.39 Å². The maximum absolute atomic E-state index is 12.1. The molecule has 8 heteroatoms. The van der Waals surface area contributed by atoms with E-state index < -0.39 is 6.67 Å². The number of fused-ring (bicyclic) bond motifs is 1. The quantitative estimate of drug-likeness (QED) is 0.449. The zero-order valence-electron chi connectivity index (χ0n) is 15.5. The lowest BCUT2D eigenvalue weighted by atomic mass is 10.0. The summed E-state index contributed by atoms with van der Waals surface area (Å²) in [7, 11) is 5.43. The largest absolute Gasteiger partial charge is 0.480 e. The van der Waals surface area contributed by atoms with Crippen molar-refractivity contribution >= 4 is 28.3 Å². The molecule has 0 aliphatic rings. The molecule has 0 saturated carbocycles. The van der Waals surface area contributed by atoms with Gasteiger partial charge in [-0.2, -0.15) is 10.5 Å². The first kappa shape index (κ1) is 19.4. The second-order valence-corrected chi connectivity index (χ2v) is 6.58. The molecular formula is C19H22ClFN4O2. The van der Waals surface area contributed by atoms with Crippen molar-refractivity contribution in [2.24, 2.45) is 0 Å². The van der Waals surface area contributed by atoms with E-state index in [1.807, 2.05) is 49.5 Å². The standard InChI is InChI=1S/C19H22ClFN4O2/c1-25(2)18-5-4-13(19(24-18)26-3)15-8-14-12(11-23-27-7-6-21)10-22-17(14)9-16(15)20/h4-5,8-10,22-23H,6-7,11H2,1-3H3. The lowest BCUT2D eigenvalue weighted by Gasteiger charge is -2.15. The summed E-state index contributed by atoms with van der Waals surface area (Å²) in [6.45, 7) is -0.0765. The normalized spacial score (nSPS) is 11.1. The molecule has 3 rings (SSSR count). The van der Waals surface area contributed by atoms with Gasteiger partial charge in [0.1, 0.15) is 12.5 Å². The van der Waals surface area contributed by atoms with Crippen LogP contribution in [0.3, 0.4) is 0 Å². The Morgan fingerprint density at radius 2 is 2.07 bits per heavy atom. The number of methoxy groups -OCH3 is 1. The average Bonchev–Trinajstić information content (AvgIpc) is 3.05. The molecule has 6 nitrogen and oxygen atoms in total. The monoisotopic (exact) mass is 392 g/mol. The number of ether oxygens (including phenoxy) is 1. The second-order valence-electron chi connectivity index (χ2n) is 6.17. The highest BCUT2D eigenvalue weighted by molar-refractivity contribution is 6.34. The first-order valence-corrected chi connectivity index (χ1v) is 8.85. The molecule has 1 aromatic carbocycles. The number of anilines is 1. The van der Waals surface area contributed by atoms with E-state index in [0.717, 1.165) is 33.4 Å². The number of nitrogens with zero attached hydrogens (tertiary/aromatic N) is 2. The van der Waals surface area contributed by atoms with E-state index in [1.165, 1.54) is 0 Å². The third-order valence-electron chi connectivity index (χ3n) is 4.19. The van der Waals surface area contributed by atoms with E-state index in [9.17, 15) is 4.39 Å². The van der Waals surface area contributed by atoms with Crippen LogP contribution in [0.2, 0.25) is 5.02 Å². The smallest absolute Gasteiger partial charge is 0.223 e. The van der Waals surface area contributed by atoms with Crippen molar-refractivity contribution in [2.45, 2.75) is 6.54 Å². The molecule has 0 spiro atoms. The molecule has 2 heterocycles. The van der Waals surface area contributed by atoms with Gasteiger partial charge in [-0.05, 0) is 29.8 Å². The van der Waals surface area contributed by atoms with Crippen LogP contribution in [0.4, 0.5) is 10.2 Å². The predicted molar refractivity (Wildman–Crippen MR) is 106 cm³/mol. The van der Waals surface area contributed by atoms with Crippen molar-refractivity contribution in [3.8, 4) is 17.0 Å². The van der Waals surface area contributed by atoms with Gasteiger partial charge in [-0.15, -0.1) is 0 Å². The van der Waals surface area contributed by atoms with Crippen molar-refractivity contribution in [3.63, 3.8) is 0 Å². The summed E-state index contributed by atoms with van der Waals surface area (Å²) in [6, 6.07) is 7.73. The van der Waals surface area contributed by atoms with Gasteiger partial charge in [-0.3, -0.25) is 4.84 Å². The Balaban J connectivity index is 2.00. The topological polar surface area (TPSA) is 62.4 Å². The third kappa shape index (κ3) is 4.16. The molecule has 2 N–H and O–H groups in total. The predicted octanol–water partition coefficient (Wildman–Crippen LogP) is 3.95. The van der Waals surface area contributed by atoms with Gasteiger partial charge in [0, 0.05) is 48.9 Å². The number of aromatic amines is 1. The van der Waals surface area contributed by atoms with E-state index in [1.54, 1.807) is 7.11 Å². The zero-order chi connectivity index (χ0) is 19.4. The number of hydrogen-bond acceptors (Lipinski definition) is 5. The maximum atomic E-state index is 12.1. The fraction of sp³-hybridized carbons (Fsp3) is 0.316. The van der Waals surface area contributed by atoms with E-state index in [4.69, 9.17) is 21.2 Å². The molecule has 0 saturated heterocycles. The van der Waals surface area contributed by atoms with Crippen LogP contribution >= 0.6 is 11.6 Å². The zero-order valence-corrected chi connectivity index (χ0v) is 16.2. The third-order valence-corrected chi connectivity index (χ3v) is 4.50. The van der Waals surface area contributed by atoms with E-state index in [-0.39, 0.29) is 6.61 Å². The summed E-state index contributed by atoms with van der Waals surface area (Å²) in [5.74, 6) is 1.30. The fourth-order valence-corrected chi connectivity index (χ4v) is 3.10. The van der Waals surface area contributed by atoms with Crippen molar-refractivity contribution in [2.75, 3.05) is 39.4 Å². The number of pyridine rings is 1. The number of aromatic nitrogens is 2. The van der Waals surface area contributed by atoms with Crippen LogP contribution in [-0.2, 0) is 11.4 Å². The number of hydrogen-bond donors (Lipinski definition) is 2. The first-order valence-electron chi connectivity index (χ1n) is 8.48. The Kier molecular flexibility index (Phi) is 6.15. The van der Waals surface area contributed by atoms with Crippen LogP contribution in [-0.4, -0.2) is 44.5 Å². The fourth-order valence-electron chi connectivity index (χ4n) is 2.83. The Hall–Kier alpha value is -2.35. The van der Waals surface area contributed by atoms with Crippen LogP contribution < -0.4 is 15.1 Å². The van der Waals surface area contributed by atoms with Gasteiger partial charge in [0.25, 0.3) is 0 Å². The van der Waals surface area contributed by atoms with Crippen LogP contribution in [0.1, 0.15) is 5.56 Å². The Morgan fingerprint density at radius 3 is 2.78 bits per heavy atom. The van der Waals surface area contributed by atoms with Gasteiger partial charge >= 0.3 is 0 Å². The van der Waals surface area contributed by atoms with E-state index in [0.29, 0.717) is 17.4 Å². The number of benzene rings is 1. The Labute approximate surface area is 162 Å². The molecule has 0 radical (unpaired) electrons. The minimum atomic E-state index is -0.531. The molecule has 3 aromatic rings. The summed E-state index contributed by atoms with van der Waals surface area (Å²) in [6.07, 6.45) is 1.88. The minimum Gasteiger partial charge on any atom is -0.480 e. The summed E-state index contributed by atoms with van der Waals surface area (Å²) < 4.78 is 17.6. The summed E-state index contributed by atoms with van der Waals surface area (Å²) in [5, 5.41) is 1.58. The van der Waals surface area contributed by atoms with E-state index in [2.05, 4.69) is 15.4 Å². The highest BCUT2D eigenvalue weighted by Crippen LogP contribution is 2.38. The van der Waals surface area contributed by atoms with Gasteiger partial charge in [0.05, 0.1) is 18.7 Å². The summed E-state index contributed by atoms with van der Waals surface area (Å²) >= 11 is 6.53. The number of nitrogens with one attached hydrogen (secondary N) is 2. The van der Waals surface area contributed by atoms with Gasteiger partial charge in [0.2, 0.25) is 5.88 Å². The van der Waals surface area contributed by atoms with Crippen molar-refractivity contribution in [3.05, 3.63) is 41.0 Å². The van der Waals surface area contributed by atoms with Crippen molar-refractivity contribution in [1.82, 2.24) is 15.4 Å². The van der Waals surface area contributed by atoms with Gasteiger partial charge in [-0.1, -0.05) is 11.6 Å². The van der Waals surface area contributed by atoms with Crippen LogP contribution in [0.15, 0.2) is 30.5 Å². The molecule has 2 aromatic heterocycles. The molecule has 0 atom stereocenters. The number of halogens is 2. The highest BCUT2D eigenvalue weighted by Gasteiger charge is 2.15. The number of rotatable bonds is 8. The molecule has 27 heavy (non-hydrogen) atoms. The van der Waals surface area contributed by atoms with E-state index >= 15 is 0 Å². The molecule has 144 valence electrons. The van der Waals surface area contributed by atoms with Crippen LogP contribution in [0.5, 0.6) is 5.88 Å². The van der Waals surface area contributed by atoms with Crippen LogP contribution in [0.25, 0.3) is 22.0 Å². The lowest BCUT2D eigenvalue weighted by Crippen LogP contribution is -2.15. The first-order chi connectivity index (χ1) is 13.0. The second kappa shape index (κ2) is 8.56. The molecule has 0 bridgehead atoms. The molecule has 0 unspecified atom stereocenters. The Bertz CT molecular complexity index is 929. The van der Waals surface area contributed by atoms with Crippen molar-refractivity contribution in [1.29, 1.82) is 0 Å². The molecule has 0 aliphatic heterocycles. The van der Waals surface area contributed by atoms with Gasteiger partial charge < -0.3 is 14.6 Å². The van der Waals surface area contributed by atoms with Crippen LogP contribution in [0, 0.1) is 0 Å². The molecule has 0 aliphatic carbocycles. The molecule has 0 amide bonds. The molecular weight excluding hydrogens is 371 g/mol. The average molecular weight is 393 g/mol. The number of H-pyrrole nitrogens is 1. The highest BCUT2D eigenvalue weighted by atomic mass is 35.5.